The molecule has 5 heteroatoms. The van der Waals surface area contributed by atoms with E-state index in [1.807, 2.05) is 0 Å². The molecule has 1 heterocycles. The first kappa shape index (κ1) is 10.0. The molecule has 1 aromatic rings. The summed E-state index contributed by atoms with van der Waals surface area (Å²) in [4.78, 5) is 1.62. The van der Waals surface area contributed by atoms with E-state index in [0.717, 1.165) is 0 Å². The van der Waals surface area contributed by atoms with Gasteiger partial charge >= 0.3 is 0 Å². The standard InChI is InChI=1S/C10H13F2N3/c11-10(12)3-4-15(6-10)7-1-2-8(13)9(14)5-7/h1-2,5H,3-4,6,13-14H2. The molecule has 4 N–H and O–H groups in total. The molecule has 0 radical (unpaired) electrons. The van der Waals surface area contributed by atoms with Gasteiger partial charge in [0.25, 0.3) is 5.92 Å². The van der Waals surface area contributed by atoms with E-state index in [4.69, 9.17) is 11.5 Å². The quantitative estimate of drug-likeness (QED) is 0.698. The van der Waals surface area contributed by atoms with Crippen molar-refractivity contribution < 1.29 is 8.78 Å². The van der Waals surface area contributed by atoms with Gasteiger partial charge in [-0.15, -0.1) is 0 Å². The Morgan fingerprint density at radius 3 is 2.47 bits per heavy atom. The molecule has 0 saturated carbocycles. The Morgan fingerprint density at radius 1 is 1.20 bits per heavy atom. The zero-order valence-corrected chi connectivity index (χ0v) is 8.21. The fourth-order valence-corrected chi connectivity index (χ4v) is 1.72. The van der Waals surface area contributed by atoms with Crippen LogP contribution in [-0.4, -0.2) is 19.0 Å². The topological polar surface area (TPSA) is 55.3 Å². The molecule has 15 heavy (non-hydrogen) atoms. The number of hydrogen-bond donors (Lipinski definition) is 2. The van der Waals surface area contributed by atoms with Gasteiger partial charge in [0.1, 0.15) is 0 Å². The van der Waals surface area contributed by atoms with Gasteiger partial charge < -0.3 is 16.4 Å². The minimum absolute atomic E-state index is 0.0999. The van der Waals surface area contributed by atoms with Gasteiger partial charge in [0.15, 0.2) is 0 Å². The molecule has 0 atom stereocenters. The van der Waals surface area contributed by atoms with E-state index in [0.29, 0.717) is 23.6 Å². The largest absolute Gasteiger partial charge is 0.397 e. The second-order valence-corrected chi connectivity index (χ2v) is 3.84. The Morgan fingerprint density at radius 2 is 1.93 bits per heavy atom. The van der Waals surface area contributed by atoms with Crippen molar-refractivity contribution in [2.24, 2.45) is 0 Å². The molecule has 1 aliphatic rings. The number of rotatable bonds is 1. The van der Waals surface area contributed by atoms with Crippen LogP contribution in [0.2, 0.25) is 0 Å². The molecule has 82 valence electrons. The maximum Gasteiger partial charge on any atom is 0.266 e. The fourth-order valence-electron chi connectivity index (χ4n) is 1.72. The minimum atomic E-state index is -2.59. The summed E-state index contributed by atoms with van der Waals surface area (Å²) in [5, 5.41) is 0. The number of halogens is 2. The van der Waals surface area contributed by atoms with Crippen molar-refractivity contribution in [1.82, 2.24) is 0 Å². The highest BCUT2D eigenvalue weighted by molar-refractivity contribution is 5.70. The Labute approximate surface area is 86.7 Å². The predicted molar refractivity (Wildman–Crippen MR) is 57.0 cm³/mol. The van der Waals surface area contributed by atoms with Crippen LogP contribution >= 0.6 is 0 Å². The third kappa shape index (κ3) is 1.95. The van der Waals surface area contributed by atoms with Crippen molar-refractivity contribution in [1.29, 1.82) is 0 Å². The minimum Gasteiger partial charge on any atom is -0.397 e. The van der Waals surface area contributed by atoms with Crippen LogP contribution < -0.4 is 16.4 Å². The van der Waals surface area contributed by atoms with E-state index in [2.05, 4.69) is 0 Å². The zero-order valence-electron chi connectivity index (χ0n) is 8.21. The Bertz CT molecular complexity index is 379. The van der Waals surface area contributed by atoms with Crippen molar-refractivity contribution in [2.45, 2.75) is 12.3 Å². The number of anilines is 3. The highest BCUT2D eigenvalue weighted by Gasteiger charge is 2.38. The first-order chi connectivity index (χ1) is 6.98. The summed E-state index contributed by atoms with van der Waals surface area (Å²) in [6, 6.07) is 4.99. The van der Waals surface area contributed by atoms with Crippen molar-refractivity contribution >= 4 is 17.1 Å². The van der Waals surface area contributed by atoms with Crippen LogP contribution in [0.5, 0.6) is 0 Å². The van der Waals surface area contributed by atoms with Crippen molar-refractivity contribution in [2.75, 3.05) is 29.5 Å². The Kier molecular flexibility index (Phi) is 2.17. The third-order valence-electron chi connectivity index (χ3n) is 2.61. The van der Waals surface area contributed by atoms with Gasteiger partial charge in [-0.25, -0.2) is 8.78 Å². The van der Waals surface area contributed by atoms with Gasteiger partial charge in [-0.1, -0.05) is 0 Å². The predicted octanol–water partition coefficient (Wildman–Crippen LogP) is 1.70. The molecule has 1 fully saturated rings. The van der Waals surface area contributed by atoms with Crippen molar-refractivity contribution in [3.63, 3.8) is 0 Å². The number of nitrogens with two attached hydrogens (primary N) is 2. The molecule has 1 saturated heterocycles. The second-order valence-electron chi connectivity index (χ2n) is 3.84. The smallest absolute Gasteiger partial charge is 0.266 e. The van der Waals surface area contributed by atoms with E-state index >= 15 is 0 Å². The van der Waals surface area contributed by atoms with Crippen LogP contribution in [0.15, 0.2) is 18.2 Å². The number of benzene rings is 1. The van der Waals surface area contributed by atoms with E-state index in [1.165, 1.54) is 0 Å². The Hall–Kier alpha value is -1.52. The highest BCUT2D eigenvalue weighted by Crippen LogP contribution is 2.32. The summed E-state index contributed by atoms with van der Waals surface area (Å²) in [5.74, 6) is -2.59. The number of hydrogen-bond acceptors (Lipinski definition) is 3. The van der Waals surface area contributed by atoms with Gasteiger partial charge in [-0.2, -0.15) is 0 Å². The summed E-state index contributed by atoms with van der Waals surface area (Å²) in [7, 11) is 0. The summed E-state index contributed by atoms with van der Waals surface area (Å²) in [5.41, 5.74) is 12.8. The summed E-state index contributed by atoms with van der Waals surface area (Å²) in [6.45, 7) is 0.118. The highest BCUT2D eigenvalue weighted by atomic mass is 19.3. The maximum absolute atomic E-state index is 13.0. The van der Waals surface area contributed by atoms with Crippen LogP contribution in [-0.2, 0) is 0 Å². The molecule has 0 aromatic heterocycles. The lowest BCUT2D eigenvalue weighted by Crippen LogP contribution is -2.24. The lowest BCUT2D eigenvalue weighted by molar-refractivity contribution is 0.0257. The van der Waals surface area contributed by atoms with E-state index < -0.39 is 5.92 Å². The van der Waals surface area contributed by atoms with Crippen LogP contribution in [0.25, 0.3) is 0 Å². The summed E-state index contributed by atoms with van der Waals surface area (Å²) in [6.07, 6.45) is -0.0999. The average molecular weight is 213 g/mol. The number of nitrogens with zero attached hydrogens (tertiary/aromatic N) is 1. The molecule has 0 spiro atoms. The number of alkyl halides is 2. The fraction of sp³-hybridized carbons (Fsp3) is 0.400. The molecule has 0 bridgehead atoms. The second kappa shape index (κ2) is 3.25. The molecule has 0 aliphatic carbocycles. The van der Waals surface area contributed by atoms with Crippen LogP contribution in [0, 0.1) is 0 Å². The maximum atomic E-state index is 13.0. The average Bonchev–Trinajstić information content (AvgIpc) is 2.51. The van der Waals surface area contributed by atoms with E-state index in [1.54, 1.807) is 23.1 Å². The van der Waals surface area contributed by atoms with Gasteiger partial charge in [-0.05, 0) is 18.2 Å². The summed E-state index contributed by atoms with van der Waals surface area (Å²) >= 11 is 0. The van der Waals surface area contributed by atoms with Gasteiger partial charge in [-0.3, -0.25) is 0 Å². The van der Waals surface area contributed by atoms with Crippen LogP contribution in [0.3, 0.4) is 0 Å². The summed E-state index contributed by atoms with van der Waals surface area (Å²) < 4.78 is 25.9. The zero-order chi connectivity index (χ0) is 11.1. The first-order valence-corrected chi connectivity index (χ1v) is 4.76. The molecule has 2 rings (SSSR count). The van der Waals surface area contributed by atoms with E-state index in [9.17, 15) is 8.78 Å². The SMILES string of the molecule is Nc1ccc(N2CCC(F)(F)C2)cc1N. The number of nitrogen functional groups attached to an aromatic ring is 2. The van der Waals surface area contributed by atoms with Gasteiger partial charge in [0.2, 0.25) is 0 Å². The molecular weight excluding hydrogens is 200 g/mol. The Balaban J connectivity index is 2.21. The molecule has 0 unspecified atom stereocenters. The lowest BCUT2D eigenvalue weighted by Gasteiger charge is -2.18. The van der Waals surface area contributed by atoms with Crippen molar-refractivity contribution in [3.8, 4) is 0 Å². The first-order valence-electron chi connectivity index (χ1n) is 4.76. The van der Waals surface area contributed by atoms with Gasteiger partial charge in [0, 0.05) is 18.7 Å². The molecule has 3 nitrogen and oxygen atoms in total. The van der Waals surface area contributed by atoms with Crippen LogP contribution in [0.4, 0.5) is 25.8 Å². The third-order valence-corrected chi connectivity index (χ3v) is 2.61. The van der Waals surface area contributed by atoms with Gasteiger partial charge in [0.05, 0.1) is 17.9 Å². The lowest BCUT2D eigenvalue weighted by atomic mass is 10.2. The van der Waals surface area contributed by atoms with Crippen LogP contribution in [0.1, 0.15) is 6.42 Å². The molecule has 0 amide bonds. The molecule has 1 aromatic carbocycles. The molecular formula is C10H13F2N3. The molecule has 1 aliphatic heterocycles. The monoisotopic (exact) mass is 213 g/mol. The normalized spacial score (nSPS) is 19.5. The van der Waals surface area contributed by atoms with E-state index in [-0.39, 0.29) is 13.0 Å². The van der Waals surface area contributed by atoms with Crippen molar-refractivity contribution in [3.05, 3.63) is 18.2 Å².